The summed E-state index contributed by atoms with van der Waals surface area (Å²) in [5.74, 6) is -2.82. The number of nitrogens with zero attached hydrogens (tertiary/aromatic N) is 2. The molecule has 3 aliphatic heterocycles. The van der Waals surface area contributed by atoms with Gasteiger partial charge >= 0.3 is 5.97 Å². The molecule has 8 heteroatoms. The number of benzene rings is 1. The summed E-state index contributed by atoms with van der Waals surface area (Å²) in [7, 11) is 0. The molecule has 1 N–H and O–H groups in total. The Morgan fingerprint density at radius 1 is 1.20 bits per heavy atom. The first-order valence-corrected chi connectivity index (χ1v) is 14.5. The van der Waals surface area contributed by atoms with Gasteiger partial charge in [-0.3, -0.25) is 14.4 Å². The number of hydrogen-bond acceptors (Lipinski definition) is 6. The monoisotopic (exact) mass is 552 g/mol. The summed E-state index contributed by atoms with van der Waals surface area (Å²) < 4.78 is 12.4. The van der Waals surface area contributed by atoms with Gasteiger partial charge in [0.1, 0.15) is 17.6 Å². The van der Waals surface area contributed by atoms with E-state index in [1.54, 1.807) is 11.0 Å². The number of carbonyl (C=O) groups is 3. The van der Waals surface area contributed by atoms with Crippen molar-refractivity contribution in [3.05, 3.63) is 61.2 Å². The largest absolute Gasteiger partial charge is 0.465 e. The lowest BCUT2D eigenvalue weighted by Gasteiger charge is -2.40. The lowest BCUT2D eigenvalue weighted by Crippen LogP contribution is -2.59. The first-order valence-electron chi connectivity index (χ1n) is 14.5. The number of likely N-dealkylation sites (tertiary alicyclic amines) is 1. The predicted octanol–water partition coefficient (Wildman–Crippen LogP) is 3.88. The standard InChI is InChI=1S/C32H44N2O6/c1-6-8-9-13-19-39-30(38)26-25-28(36)34(24(21-35)22(3)4)27(32(25)17-16-31(26,5)40-32)29(37)33(18-7-2)20-23-14-11-10-12-15-23/h6-7,10-12,14-15,22,24-27,35H,1-2,8-9,13,16-21H2,3-5H3/t24-,25-,26+,27?,31-,32?/m0/s1. The van der Waals surface area contributed by atoms with Crippen molar-refractivity contribution >= 4 is 17.8 Å². The summed E-state index contributed by atoms with van der Waals surface area (Å²) in [6.45, 7) is 13.9. The fraction of sp³-hybridized carbons (Fsp3) is 0.594. The molecule has 2 bridgehead atoms. The van der Waals surface area contributed by atoms with E-state index in [1.165, 1.54) is 4.90 Å². The second-order valence-electron chi connectivity index (χ2n) is 11.9. The molecule has 3 saturated heterocycles. The third kappa shape index (κ3) is 5.23. The van der Waals surface area contributed by atoms with Crippen LogP contribution in [0.3, 0.4) is 0 Å². The average Bonchev–Trinajstić information content (AvgIpc) is 3.50. The molecule has 0 radical (unpaired) electrons. The predicted molar refractivity (Wildman–Crippen MR) is 152 cm³/mol. The van der Waals surface area contributed by atoms with E-state index >= 15 is 0 Å². The molecule has 3 fully saturated rings. The normalized spacial score (nSPS) is 29.4. The van der Waals surface area contributed by atoms with E-state index in [2.05, 4.69) is 13.2 Å². The van der Waals surface area contributed by atoms with Gasteiger partial charge in [-0.1, -0.05) is 56.3 Å². The molecule has 1 aromatic carbocycles. The van der Waals surface area contributed by atoms with Gasteiger partial charge in [-0.15, -0.1) is 13.2 Å². The molecule has 218 valence electrons. The van der Waals surface area contributed by atoms with Gasteiger partial charge in [0.05, 0.1) is 30.8 Å². The van der Waals surface area contributed by atoms with Crippen LogP contribution in [0.25, 0.3) is 0 Å². The van der Waals surface area contributed by atoms with Crippen LogP contribution in [0, 0.1) is 17.8 Å². The number of ether oxygens (including phenoxy) is 2. The molecule has 0 saturated carbocycles. The van der Waals surface area contributed by atoms with Crippen LogP contribution in [0.15, 0.2) is 55.6 Å². The number of aliphatic hydroxyl groups is 1. The van der Waals surface area contributed by atoms with Crippen LogP contribution < -0.4 is 0 Å². The molecule has 4 rings (SSSR count). The number of rotatable bonds is 14. The molecule has 1 spiro atoms. The minimum atomic E-state index is -1.17. The Hall–Kier alpha value is -2.97. The molecule has 2 amide bonds. The maximum Gasteiger partial charge on any atom is 0.312 e. The van der Waals surface area contributed by atoms with Crippen molar-refractivity contribution in [2.45, 2.75) is 82.7 Å². The Kier molecular flexibility index (Phi) is 9.20. The third-order valence-corrected chi connectivity index (χ3v) is 8.94. The number of amides is 2. The number of allylic oxidation sites excluding steroid dienone is 1. The average molecular weight is 553 g/mol. The quantitative estimate of drug-likeness (QED) is 0.214. The summed E-state index contributed by atoms with van der Waals surface area (Å²) in [5.41, 5.74) is -1.13. The summed E-state index contributed by atoms with van der Waals surface area (Å²) in [5, 5.41) is 10.4. The molecule has 0 aromatic heterocycles. The lowest BCUT2D eigenvalue weighted by atomic mass is 9.66. The highest BCUT2D eigenvalue weighted by Gasteiger charge is 2.79. The van der Waals surface area contributed by atoms with E-state index in [1.807, 2.05) is 57.2 Å². The van der Waals surface area contributed by atoms with Crippen LogP contribution in [-0.2, 0) is 30.4 Å². The Balaban J connectivity index is 1.71. The van der Waals surface area contributed by atoms with Gasteiger partial charge in [-0.2, -0.15) is 0 Å². The number of carbonyl (C=O) groups excluding carboxylic acids is 3. The van der Waals surface area contributed by atoms with Crippen molar-refractivity contribution in [1.82, 2.24) is 9.80 Å². The van der Waals surface area contributed by atoms with Gasteiger partial charge in [0.15, 0.2) is 0 Å². The summed E-state index contributed by atoms with van der Waals surface area (Å²) in [6.07, 6.45) is 6.92. The first kappa shape index (κ1) is 30.0. The van der Waals surface area contributed by atoms with E-state index < -0.39 is 41.1 Å². The van der Waals surface area contributed by atoms with Gasteiger partial charge in [-0.05, 0) is 50.5 Å². The molecule has 8 nitrogen and oxygen atoms in total. The maximum atomic E-state index is 14.5. The van der Waals surface area contributed by atoms with E-state index in [9.17, 15) is 19.5 Å². The Bertz CT molecular complexity index is 1110. The zero-order valence-electron chi connectivity index (χ0n) is 24.1. The van der Waals surface area contributed by atoms with Crippen molar-refractivity contribution < 1.29 is 29.0 Å². The highest BCUT2D eigenvalue weighted by molar-refractivity contribution is 5.98. The number of fused-ring (bicyclic) bond motifs is 1. The van der Waals surface area contributed by atoms with E-state index in [0.717, 1.165) is 18.4 Å². The summed E-state index contributed by atoms with van der Waals surface area (Å²) >= 11 is 0. The fourth-order valence-electron chi connectivity index (χ4n) is 7.00. The minimum Gasteiger partial charge on any atom is -0.465 e. The van der Waals surface area contributed by atoms with Gasteiger partial charge < -0.3 is 24.4 Å². The molecular formula is C32H44N2O6. The molecule has 0 aliphatic carbocycles. The first-order chi connectivity index (χ1) is 19.1. The SMILES string of the molecule is C=CCCCCOC(=O)[C@H]1[C@H]2C(=O)N([C@@H](CO)C(C)C)C(C(=O)N(CC=C)Cc3ccccc3)C23CC[C@]1(C)O3. The van der Waals surface area contributed by atoms with Gasteiger partial charge in [0.2, 0.25) is 11.8 Å². The van der Waals surface area contributed by atoms with Crippen molar-refractivity contribution in [3.8, 4) is 0 Å². The second kappa shape index (κ2) is 12.3. The second-order valence-corrected chi connectivity index (χ2v) is 11.9. The van der Waals surface area contributed by atoms with E-state index in [4.69, 9.17) is 9.47 Å². The number of hydrogen-bond donors (Lipinski definition) is 1. The van der Waals surface area contributed by atoms with E-state index in [-0.39, 0.29) is 37.5 Å². The number of aliphatic hydroxyl groups excluding tert-OH is 1. The molecule has 1 aromatic rings. The van der Waals surface area contributed by atoms with Crippen LogP contribution in [0.2, 0.25) is 0 Å². The molecule has 40 heavy (non-hydrogen) atoms. The van der Waals surface area contributed by atoms with Crippen LogP contribution >= 0.6 is 0 Å². The molecular weight excluding hydrogens is 508 g/mol. The van der Waals surface area contributed by atoms with Crippen molar-refractivity contribution in [2.24, 2.45) is 17.8 Å². The fourth-order valence-corrected chi connectivity index (χ4v) is 7.00. The summed E-state index contributed by atoms with van der Waals surface area (Å²) in [6, 6.07) is 8.09. The Morgan fingerprint density at radius 2 is 1.93 bits per heavy atom. The zero-order valence-corrected chi connectivity index (χ0v) is 24.1. The molecule has 2 unspecified atom stereocenters. The van der Waals surface area contributed by atoms with Crippen LogP contribution in [-0.4, -0.2) is 75.7 Å². The maximum absolute atomic E-state index is 14.5. The van der Waals surface area contributed by atoms with Crippen molar-refractivity contribution in [2.75, 3.05) is 19.8 Å². The van der Waals surface area contributed by atoms with Gasteiger partial charge in [0, 0.05) is 13.1 Å². The number of unbranched alkanes of at least 4 members (excludes halogenated alkanes) is 2. The third-order valence-electron chi connectivity index (χ3n) is 8.94. The van der Waals surface area contributed by atoms with Crippen LogP contribution in [0.5, 0.6) is 0 Å². The Labute approximate surface area is 238 Å². The van der Waals surface area contributed by atoms with Gasteiger partial charge in [0.25, 0.3) is 0 Å². The minimum absolute atomic E-state index is 0.121. The van der Waals surface area contributed by atoms with E-state index in [0.29, 0.717) is 25.8 Å². The zero-order chi connectivity index (χ0) is 29.1. The lowest BCUT2D eigenvalue weighted by molar-refractivity contribution is -0.162. The van der Waals surface area contributed by atoms with Crippen molar-refractivity contribution in [3.63, 3.8) is 0 Å². The molecule has 3 heterocycles. The smallest absolute Gasteiger partial charge is 0.312 e. The van der Waals surface area contributed by atoms with Crippen molar-refractivity contribution in [1.29, 1.82) is 0 Å². The Morgan fingerprint density at radius 3 is 2.55 bits per heavy atom. The topological polar surface area (TPSA) is 96.4 Å². The molecule has 6 atom stereocenters. The van der Waals surface area contributed by atoms with Gasteiger partial charge in [-0.25, -0.2) is 0 Å². The van der Waals surface area contributed by atoms with Crippen LogP contribution in [0.1, 0.15) is 58.4 Å². The summed E-state index contributed by atoms with van der Waals surface area (Å²) in [4.78, 5) is 45.6. The highest BCUT2D eigenvalue weighted by atomic mass is 16.6. The number of esters is 1. The van der Waals surface area contributed by atoms with Crippen LogP contribution in [0.4, 0.5) is 0 Å². The molecule has 3 aliphatic rings. The highest BCUT2D eigenvalue weighted by Crippen LogP contribution is 2.64.